The van der Waals surface area contributed by atoms with E-state index in [-0.39, 0.29) is 11.1 Å². The Kier molecular flexibility index (Phi) is 3.70. The Morgan fingerprint density at radius 3 is 2.28 bits per heavy atom. The summed E-state index contributed by atoms with van der Waals surface area (Å²) in [7, 11) is 0. The lowest BCUT2D eigenvalue weighted by Gasteiger charge is -2.44. The first-order chi connectivity index (χ1) is 8.36. The van der Waals surface area contributed by atoms with E-state index >= 15 is 0 Å². The van der Waals surface area contributed by atoms with Gasteiger partial charge in [0.1, 0.15) is 0 Å². The summed E-state index contributed by atoms with van der Waals surface area (Å²) >= 11 is 0. The third kappa shape index (κ3) is 2.41. The molecule has 2 saturated heterocycles. The largest absolute Gasteiger partial charge is 0.336 e. The molecule has 2 rings (SSSR count). The standard InChI is InChI=1S/C14H27N3O/c1-13(2)6-5-9-17(13)12(18)14(3,4)16-10-7-15-8-11-16/h15H,5-11H2,1-4H3. The molecule has 104 valence electrons. The van der Waals surface area contributed by atoms with Crippen LogP contribution in [0.25, 0.3) is 0 Å². The van der Waals surface area contributed by atoms with Crippen molar-refractivity contribution in [3.63, 3.8) is 0 Å². The van der Waals surface area contributed by atoms with Gasteiger partial charge in [-0.2, -0.15) is 0 Å². The first kappa shape index (κ1) is 13.8. The number of hydrogen-bond acceptors (Lipinski definition) is 3. The summed E-state index contributed by atoms with van der Waals surface area (Å²) in [6.07, 6.45) is 2.26. The predicted octanol–water partition coefficient (Wildman–Crippen LogP) is 1.07. The summed E-state index contributed by atoms with van der Waals surface area (Å²) in [6, 6.07) is 0. The van der Waals surface area contributed by atoms with Crippen LogP contribution in [0.3, 0.4) is 0 Å². The fraction of sp³-hybridized carbons (Fsp3) is 0.929. The van der Waals surface area contributed by atoms with Crippen LogP contribution < -0.4 is 5.32 Å². The highest BCUT2D eigenvalue weighted by atomic mass is 16.2. The number of piperazine rings is 1. The monoisotopic (exact) mass is 253 g/mol. The van der Waals surface area contributed by atoms with Gasteiger partial charge in [-0.25, -0.2) is 0 Å². The zero-order valence-electron chi connectivity index (χ0n) is 12.3. The average molecular weight is 253 g/mol. The van der Waals surface area contributed by atoms with E-state index in [1.807, 2.05) is 0 Å². The van der Waals surface area contributed by atoms with Gasteiger partial charge in [0.05, 0.1) is 5.54 Å². The molecule has 0 spiro atoms. The lowest BCUT2D eigenvalue weighted by atomic mass is 9.95. The molecular weight excluding hydrogens is 226 g/mol. The van der Waals surface area contributed by atoms with Gasteiger partial charge in [0, 0.05) is 38.3 Å². The molecule has 0 saturated carbocycles. The number of likely N-dealkylation sites (tertiary alicyclic amines) is 1. The first-order valence-electron chi connectivity index (χ1n) is 7.13. The van der Waals surface area contributed by atoms with Crippen molar-refractivity contribution in [1.82, 2.24) is 15.1 Å². The van der Waals surface area contributed by atoms with Gasteiger partial charge in [0.25, 0.3) is 0 Å². The molecule has 2 aliphatic rings. The van der Waals surface area contributed by atoms with E-state index in [1.54, 1.807) is 0 Å². The number of amides is 1. The molecule has 1 N–H and O–H groups in total. The normalized spacial score (nSPS) is 25.4. The Morgan fingerprint density at radius 2 is 1.78 bits per heavy atom. The quantitative estimate of drug-likeness (QED) is 0.799. The molecule has 1 amide bonds. The molecular formula is C14H27N3O. The van der Waals surface area contributed by atoms with Crippen molar-refractivity contribution in [2.45, 2.75) is 51.6 Å². The van der Waals surface area contributed by atoms with Gasteiger partial charge < -0.3 is 10.2 Å². The second-order valence-corrected chi connectivity index (χ2v) is 6.67. The van der Waals surface area contributed by atoms with Crippen LogP contribution in [0, 0.1) is 0 Å². The zero-order chi connectivity index (χ0) is 13.4. The summed E-state index contributed by atoms with van der Waals surface area (Å²) in [5, 5.41) is 3.34. The number of nitrogens with one attached hydrogen (secondary N) is 1. The van der Waals surface area contributed by atoms with Crippen molar-refractivity contribution in [3.05, 3.63) is 0 Å². The minimum atomic E-state index is -0.371. The van der Waals surface area contributed by atoms with Crippen molar-refractivity contribution in [2.75, 3.05) is 32.7 Å². The molecule has 4 nitrogen and oxygen atoms in total. The lowest BCUT2D eigenvalue weighted by molar-refractivity contribution is -0.146. The van der Waals surface area contributed by atoms with E-state index in [1.165, 1.54) is 0 Å². The van der Waals surface area contributed by atoms with Gasteiger partial charge in [0.2, 0.25) is 5.91 Å². The lowest BCUT2D eigenvalue weighted by Crippen LogP contribution is -2.62. The third-order valence-electron chi connectivity index (χ3n) is 4.58. The molecule has 4 heteroatoms. The van der Waals surface area contributed by atoms with E-state index in [0.717, 1.165) is 45.6 Å². The van der Waals surface area contributed by atoms with Gasteiger partial charge in [-0.15, -0.1) is 0 Å². The maximum Gasteiger partial charge on any atom is 0.242 e. The molecule has 0 atom stereocenters. The molecule has 2 aliphatic heterocycles. The number of rotatable bonds is 2. The zero-order valence-corrected chi connectivity index (χ0v) is 12.3. The summed E-state index contributed by atoms with van der Waals surface area (Å²) in [5.41, 5.74) is -0.341. The molecule has 0 radical (unpaired) electrons. The van der Waals surface area contributed by atoms with Crippen LogP contribution in [0.1, 0.15) is 40.5 Å². The minimum absolute atomic E-state index is 0.0301. The maximum absolute atomic E-state index is 12.8. The summed E-state index contributed by atoms with van der Waals surface area (Å²) in [4.78, 5) is 17.3. The van der Waals surface area contributed by atoms with Crippen molar-refractivity contribution in [2.24, 2.45) is 0 Å². The highest BCUT2D eigenvalue weighted by Gasteiger charge is 2.44. The Bertz CT molecular complexity index is 319. The van der Waals surface area contributed by atoms with E-state index in [9.17, 15) is 4.79 Å². The Hall–Kier alpha value is -0.610. The smallest absolute Gasteiger partial charge is 0.242 e. The number of carbonyl (C=O) groups excluding carboxylic acids is 1. The van der Waals surface area contributed by atoms with Gasteiger partial charge >= 0.3 is 0 Å². The van der Waals surface area contributed by atoms with Crippen molar-refractivity contribution in [1.29, 1.82) is 0 Å². The molecule has 0 aromatic heterocycles. The topological polar surface area (TPSA) is 35.6 Å². The van der Waals surface area contributed by atoms with Gasteiger partial charge in [-0.1, -0.05) is 0 Å². The highest BCUT2D eigenvalue weighted by molar-refractivity contribution is 5.86. The van der Waals surface area contributed by atoms with E-state index in [2.05, 4.69) is 42.8 Å². The van der Waals surface area contributed by atoms with Crippen LogP contribution in [0.15, 0.2) is 0 Å². The summed E-state index contributed by atoms with van der Waals surface area (Å²) in [5.74, 6) is 0.298. The molecule has 0 bridgehead atoms. The van der Waals surface area contributed by atoms with Crippen LogP contribution in [0.4, 0.5) is 0 Å². The van der Waals surface area contributed by atoms with Crippen LogP contribution >= 0.6 is 0 Å². The molecule has 0 unspecified atom stereocenters. The van der Waals surface area contributed by atoms with E-state index in [0.29, 0.717) is 5.91 Å². The Morgan fingerprint density at radius 1 is 1.17 bits per heavy atom. The highest BCUT2D eigenvalue weighted by Crippen LogP contribution is 2.32. The van der Waals surface area contributed by atoms with Crippen molar-refractivity contribution < 1.29 is 4.79 Å². The predicted molar refractivity (Wildman–Crippen MR) is 73.5 cm³/mol. The molecule has 2 fully saturated rings. The summed E-state index contributed by atoms with van der Waals surface area (Å²) < 4.78 is 0. The molecule has 0 aromatic rings. The van der Waals surface area contributed by atoms with Crippen molar-refractivity contribution >= 4 is 5.91 Å². The molecule has 0 aromatic carbocycles. The third-order valence-corrected chi connectivity index (χ3v) is 4.58. The number of carbonyl (C=O) groups is 1. The van der Waals surface area contributed by atoms with Crippen LogP contribution in [-0.2, 0) is 4.79 Å². The second-order valence-electron chi connectivity index (χ2n) is 6.67. The molecule has 0 aliphatic carbocycles. The van der Waals surface area contributed by atoms with Gasteiger partial charge in [-0.3, -0.25) is 9.69 Å². The number of hydrogen-bond donors (Lipinski definition) is 1. The summed E-state index contributed by atoms with van der Waals surface area (Å²) in [6.45, 7) is 13.4. The second kappa shape index (κ2) is 4.82. The molecule has 18 heavy (non-hydrogen) atoms. The first-order valence-corrected chi connectivity index (χ1v) is 7.13. The van der Waals surface area contributed by atoms with Crippen LogP contribution in [0.5, 0.6) is 0 Å². The Balaban J connectivity index is 2.11. The molecule has 2 heterocycles. The minimum Gasteiger partial charge on any atom is -0.336 e. The SMILES string of the molecule is CC1(C)CCCN1C(=O)C(C)(C)N1CCNCC1. The van der Waals surface area contributed by atoms with E-state index < -0.39 is 0 Å². The van der Waals surface area contributed by atoms with Gasteiger partial charge in [0.15, 0.2) is 0 Å². The fourth-order valence-corrected chi connectivity index (χ4v) is 3.17. The number of nitrogens with zero attached hydrogens (tertiary/aromatic N) is 2. The van der Waals surface area contributed by atoms with Crippen LogP contribution in [-0.4, -0.2) is 59.5 Å². The van der Waals surface area contributed by atoms with Gasteiger partial charge in [-0.05, 0) is 40.5 Å². The van der Waals surface area contributed by atoms with Crippen molar-refractivity contribution in [3.8, 4) is 0 Å². The maximum atomic E-state index is 12.8. The fourth-order valence-electron chi connectivity index (χ4n) is 3.17. The Labute approximate surface area is 111 Å². The van der Waals surface area contributed by atoms with E-state index in [4.69, 9.17) is 0 Å². The average Bonchev–Trinajstić information content (AvgIpc) is 2.69. The van der Waals surface area contributed by atoms with Crippen LogP contribution in [0.2, 0.25) is 0 Å².